The smallest absolute Gasteiger partial charge is 0.119 e. The van der Waals surface area contributed by atoms with E-state index >= 15 is 0 Å². The molecule has 0 saturated heterocycles. The first-order valence-electron chi connectivity index (χ1n) is 9.52. The average molecular weight is 383 g/mol. The minimum Gasteiger partial charge on any atom is -0.494 e. The summed E-state index contributed by atoms with van der Waals surface area (Å²) in [4.78, 5) is 0. The Morgan fingerprint density at radius 1 is 0.739 bits per heavy atom. The van der Waals surface area contributed by atoms with Gasteiger partial charge in [-0.3, -0.25) is 0 Å². The third kappa shape index (κ3) is 10.8. The van der Waals surface area contributed by atoms with Crippen LogP contribution in [0.4, 0.5) is 0 Å². The molecule has 23 heavy (non-hydrogen) atoms. The molecule has 0 aliphatic carbocycles. The molecule has 1 aromatic carbocycles. The van der Waals surface area contributed by atoms with Gasteiger partial charge in [-0.1, -0.05) is 93.3 Å². The molecule has 0 heterocycles. The van der Waals surface area contributed by atoms with Gasteiger partial charge < -0.3 is 4.74 Å². The molecular weight excluding hydrogens is 348 g/mol. The second-order valence-electron chi connectivity index (χ2n) is 6.80. The summed E-state index contributed by atoms with van der Waals surface area (Å²) in [6, 6.07) is 8.56. The van der Waals surface area contributed by atoms with Gasteiger partial charge in [-0.15, -0.1) is 0 Å². The van der Waals surface area contributed by atoms with E-state index in [1.807, 2.05) is 0 Å². The molecule has 0 aliphatic heterocycles. The van der Waals surface area contributed by atoms with Crippen molar-refractivity contribution in [1.82, 2.24) is 0 Å². The van der Waals surface area contributed by atoms with E-state index in [-0.39, 0.29) is 0 Å². The molecule has 0 bridgehead atoms. The summed E-state index contributed by atoms with van der Waals surface area (Å²) in [7, 11) is 0. The van der Waals surface area contributed by atoms with Crippen molar-refractivity contribution in [3.63, 3.8) is 0 Å². The van der Waals surface area contributed by atoms with Crippen LogP contribution in [0.5, 0.6) is 5.75 Å². The fourth-order valence-electron chi connectivity index (χ4n) is 2.75. The zero-order valence-electron chi connectivity index (χ0n) is 15.2. The summed E-state index contributed by atoms with van der Waals surface area (Å²) < 4.78 is 5.82. The standard InChI is InChI=1S/C21H35BrO/c1-19(2)20-13-15-21(16-14-20)23-18-12-10-8-6-4-3-5-7-9-11-17-22/h13-16,19H,3-12,17-18H2,1-2H3. The van der Waals surface area contributed by atoms with Crippen LogP contribution in [0.1, 0.15) is 89.5 Å². The minimum atomic E-state index is 0.591. The molecule has 0 atom stereocenters. The Balaban J connectivity index is 1.89. The third-order valence-corrected chi connectivity index (χ3v) is 4.90. The van der Waals surface area contributed by atoms with Gasteiger partial charge >= 0.3 is 0 Å². The van der Waals surface area contributed by atoms with Gasteiger partial charge in [0.25, 0.3) is 0 Å². The van der Waals surface area contributed by atoms with E-state index in [2.05, 4.69) is 54.0 Å². The van der Waals surface area contributed by atoms with Gasteiger partial charge in [0.05, 0.1) is 6.61 Å². The zero-order chi connectivity index (χ0) is 16.8. The lowest BCUT2D eigenvalue weighted by atomic mass is 10.0. The van der Waals surface area contributed by atoms with Crippen molar-refractivity contribution in [1.29, 1.82) is 0 Å². The molecule has 0 radical (unpaired) electrons. The molecule has 0 aromatic heterocycles. The van der Waals surface area contributed by atoms with Gasteiger partial charge in [0.15, 0.2) is 0 Å². The SMILES string of the molecule is CC(C)c1ccc(OCCCCCCCCCCCCBr)cc1. The molecular formula is C21H35BrO. The molecule has 0 N–H and O–H groups in total. The Kier molecular flexibility index (Phi) is 12.4. The van der Waals surface area contributed by atoms with Gasteiger partial charge in [-0.05, 0) is 36.5 Å². The molecule has 132 valence electrons. The van der Waals surface area contributed by atoms with Gasteiger partial charge in [0.1, 0.15) is 5.75 Å². The van der Waals surface area contributed by atoms with E-state index in [9.17, 15) is 0 Å². The van der Waals surface area contributed by atoms with Crippen molar-refractivity contribution in [2.24, 2.45) is 0 Å². The summed E-state index contributed by atoms with van der Waals surface area (Å²) in [6.45, 7) is 5.30. The number of benzene rings is 1. The fraction of sp³-hybridized carbons (Fsp3) is 0.714. The Hall–Kier alpha value is -0.500. The molecule has 1 nitrogen and oxygen atoms in total. The van der Waals surface area contributed by atoms with E-state index in [1.54, 1.807) is 0 Å². The normalized spacial score (nSPS) is 11.1. The molecule has 0 saturated carbocycles. The zero-order valence-corrected chi connectivity index (χ0v) is 16.7. The predicted molar refractivity (Wildman–Crippen MR) is 106 cm³/mol. The number of ether oxygens (including phenoxy) is 1. The molecule has 0 fully saturated rings. The van der Waals surface area contributed by atoms with Crippen LogP contribution in [0.15, 0.2) is 24.3 Å². The maximum atomic E-state index is 5.82. The lowest BCUT2D eigenvalue weighted by molar-refractivity contribution is 0.304. The average Bonchev–Trinajstić information content (AvgIpc) is 2.56. The van der Waals surface area contributed by atoms with Crippen molar-refractivity contribution in [3.05, 3.63) is 29.8 Å². The number of hydrogen-bond donors (Lipinski definition) is 0. The lowest BCUT2D eigenvalue weighted by Crippen LogP contribution is -1.97. The van der Waals surface area contributed by atoms with Gasteiger partial charge in [0.2, 0.25) is 0 Å². The van der Waals surface area contributed by atoms with Crippen LogP contribution in [0, 0.1) is 0 Å². The number of halogens is 1. The van der Waals surface area contributed by atoms with Crippen LogP contribution >= 0.6 is 15.9 Å². The highest BCUT2D eigenvalue weighted by molar-refractivity contribution is 9.09. The van der Waals surface area contributed by atoms with E-state index in [0.717, 1.165) is 17.7 Å². The number of rotatable bonds is 14. The summed E-state index contributed by atoms with van der Waals surface area (Å²) in [6.07, 6.45) is 13.6. The Morgan fingerprint density at radius 3 is 1.70 bits per heavy atom. The van der Waals surface area contributed by atoms with E-state index in [0.29, 0.717) is 5.92 Å². The fourth-order valence-corrected chi connectivity index (χ4v) is 3.15. The van der Waals surface area contributed by atoms with Gasteiger partial charge in [-0.25, -0.2) is 0 Å². The van der Waals surface area contributed by atoms with Crippen LogP contribution in [0.3, 0.4) is 0 Å². The summed E-state index contributed by atoms with van der Waals surface area (Å²) in [5.74, 6) is 1.60. The first kappa shape index (κ1) is 20.5. The molecule has 1 aromatic rings. The third-order valence-electron chi connectivity index (χ3n) is 4.34. The quantitative estimate of drug-likeness (QED) is 0.239. The number of alkyl halides is 1. The maximum Gasteiger partial charge on any atom is 0.119 e. The van der Waals surface area contributed by atoms with Crippen molar-refractivity contribution in [3.8, 4) is 5.75 Å². The first-order chi connectivity index (χ1) is 11.2. The lowest BCUT2D eigenvalue weighted by Gasteiger charge is -2.09. The van der Waals surface area contributed by atoms with E-state index in [1.165, 1.54) is 69.8 Å². The number of unbranched alkanes of at least 4 members (excludes halogenated alkanes) is 9. The first-order valence-corrected chi connectivity index (χ1v) is 10.6. The Labute approximate surface area is 152 Å². The van der Waals surface area contributed by atoms with Gasteiger partial charge in [-0.2, -0.15) is 0 Å². The molecule has 2 heteroatoms. The highest BCUT2D eigenvalue weighted by Gasteiger charge is 1.99. The maximum absolute atomic E-state index is 5.82. The van der Waals surface area contributed by atoms with Crippen LogP contribution in [-0.4, -0.2) is 11.9 Å². The Morgan fingerprint density at radius 2 is 1.22 bits per heavy atom. The van der Waals surface area contributed by atoms with Gasteiger partial charge in [0, 0.05) is 5.33 Å². The minimum absolute atomic E-state index is 0.591. The van der Waals surface area contributed by atoms with E-state index < -0.39 is 0 Å². The van der Waals surface area contributed by atoms with Crippen LogP contribution in [-0.2, 0) is 0 Å². The van der Waals surface area contributed by atoms with Crippen molar-refractivity contribution >= 4 is 15.9 Å². The molecule has 0 aliphatic rings. The summed E-state index contributed by atoms with van der Waals surface area (Å²) >= 11 is 3.49. The topological polar surface area (TPSA) is 9.23 Å². The molecule has 0 unspecified atom stereocenters. The molecule has 1 rings (SSSR count). The van der Waals surface area contributed by atoms with Crippen molar-refractivity contribution in [2.45, 2.75) is 84.0 Å². The second kappa shape index (κ2) is 13.9. The van der Waals surface area contributed by atoms with Crippen molar-refractivity contribution < 1.29 is 4.74 Å². The van der Waals surface area contributed by atoms with Crippen molar-refractivity contribution in [2.75, 3.05) is 11.9 Å². The predicted octanol–water partition coefficient (Wildman–Crippen LogP) is 7.48. The van der Waals surface area contributed by atoms with Crippen LogP contribution < -0.4 is 4.74 Å². The molecule has 0 amide bonds. The molecule has 0 spiro atoms. The van der Waals surface area contributed by atoms with Crippen LogP contribution in [0.25, 0.3) is 0 Å². The second-order valence-corrected chi connectivity index (χ2v) is 7.59. The van der Waals surface area contributed by atoms with E-state index in [4.69, 9.17) is 4.74 Å². The summed E-state index contributed by atoms with van der Waals surface area (Å²) in [5, 5.41) is 1.16. The largest absolute Gasteiger partial charge is 0.494 e. The Bertz CT molecular complexity index is 372. The van der Waals surface area contributed by atoms with Crippen LogP contribution in [0.2, 0.25) is 0 Å². The highest BCUT2D eigenvalue weighted by atomic mass is 79.9. The monoisotopic (exact) mass is 382 g/mol. The highest BCUT2D eigenvalue weighted by Crippen LogP contribution is 2.19. The summed E-state index contributed by atoms with van der Waals surface area (Å²) in [5.41, 5.74) is 1.38. The number of hydrogen-bond acceptors (Lipinski definition) is 1.